The molecule has 1 N–H and O–H groups in total. The highest BCUT2D eigenvalue weighted by atomic mass is 16.1. The van der Waals surface area contributed by atoms with E-state index in [4.69, 9.17) is 0 Å². The number of aromatic nitrogens is 4. The summed E-state index contributed by atoms with van der Waals surface area (Å²) in [5.74, 6) is -0.0781. The van der Waals surface area contributed by atoms with E-state index < -0.39 is 0 Å². The van der Waals surface area contributed by atoms with Crippen LogP contribution in [0.2, 0.25) is 0 Å². The third-order valence-corrected chi connectivity index (χ3v) is 3.51. The number of hydrogen-bond donors (Lipinski definition) is 1. The van der Waals surface area contributed by atoms with Crippen LogP contribution in [0.15, 0.2) is 67.4 Å². The Morgan fingerprint density at radius 3 is 2.68 bits per heavy atom. The summed E-state index contributed by atoms with van der Waals surface area (Å²) in [5.41, 5.74) is 3.62. The van der Waals surface area contributed by atoms with E-state index in [1.807, 2.05) is 47.1 Å². The first-order chi connectivity index (χ1) is 10.8. The molecule has 0 unspecified atom stereocenters. The van der Waals surface area contributed by atoms with E-state index >= 15 is 0 Å². The maximum Gasteiger partial charge on any atom is 0.212 e. The molecule has 1 aromatic carbocycles. The Balaban J connectivity index is 1.76. The molecule has 3 heterocycles. The van der Waals surface area contributed by atoms with E-state index in [0.29, 0.717) is 11.3 Å². The quantitative estimate of drug-likeness (QED) is 0.589. The maximum absolute atomic E-state index is 12.4. The summed E-state index contributed by atoms with van der Waals surface area (Å²) < 4.78 is 1.85. The van der Waals surface area contributed by atoms with Gasteiger partial charge in [-0.15, -0.1) is 0 Å². The Morgan fingerprint density at radius 1 is 1.05 bits per heavy atom. The standard InChI is InChI=1S/C17H12N4O/c22-17(12-4-2-1-3-5-12)15-10-21-9-13(6-7-16(21)20-15)14-8-18-11-19-14/h1-11H,(H,18,19). The topological polar surface area (TPSA) is 63.0 Å². The van der Waals surface area contributed by atoms with Crippen LogP contribution in [-0.4, -0.2) is 25.1 Å². The van der Waals surface area contributed by atoms with Gasteiger partial charge in [0, 0.05) is 29.7 Å². The summed E-state index contributed by atoms with van der Waals surface area (Å²) in [6.45, 7) is 0. The minimum atomic E-state index is -0.0781. The van der Waals surface area contributed by atoms with Crippen LogP contribution in [0.5, 0.6) is 0 Å². The summed E-state index contributed by atoms with van der Waals surface area (Å²) in [6, 6.07) is 13.0. The number of H-pyrrole nitrogens is 1. The number of rotatable bonds is 3. The molecule has 0 saturated carbocycles. The molecule has 0 spiro atoms. The third-order valence-electron chi connectivity index (χ3n) is 3.51. The van der Waals surface area contributed by atoms with Crippen LogP contribution in [0, 0.1) is 0 Å². The van der Waals surface area contributed by atoms with Gasteiger partial charge in [-0.2, -0.15) is 0 Å². The highest BCUT2D eigenvalue weighted by molar-refractivity contribution is 6.07. The van der Waals surface area contributed by atoms with Crippen LogP contribution in [0.1, 0.15) is 16.1 Å². The van der Waals surface area contributed by atoms with Crippen LogP contribution in [0.3, 0.4) is 0 Å². The zero-order chi connectivity index (χ0) is 14.9. The van der Waals surface area contributed by atoms with Gasteiger partial charge in [0.15, 0.2) is 0 Å². The maximum atomic E-state index is 12.4. The number of hydrogen-bond acceptors (Lipinski definition) is 3. The molecular weight excluding hydrogens is 276 g/mol. The molecule has 0 fully saturated rings. The first kappa shape index (κ1) is 12.5. The van der Waals surface area contributed by atoms with E-state index in [1.54, 1.807) is 24.7 Å². The lowest BCUT2D eigenvalue weighted by Gasteiger charge is -1.97. The van der Waals surface area contributed by atoms with Gasteiger partial charge in [0.1, 0.15) is 11.3 Å². The van der Waals surface area contributed by atoms with Crippen molar-refractivity contribution in [2.75, 3.05) is 0 Å². The predicted octanol–water partition coefficient (Wildman–Crippen LogP) is 2.96. The zero-order valence-corrected chi connectivity index (χ0v) is 11.6. The molecule has 4 aromatic rings. The molecule has 0 amide bonds. The largest absolute Gasteiger partial charge is 0.351 e. The molecule has 5 nitrogen and oxygen atoms in total. The Hall–Kier alpha value is -3.21. The van der Waals surface area contributed by atoms with E-state index in [1.165, 1.54) is 0 Å². The van der Waals surface area contributed by atoms with Crippen molar-refractivity contribution in [3.05, 3.63) is 78.6 Å². The van der Waals surface area contributed by atoms with Crippen molar-refractivity contribution < 1.29 is 4.79 Å². The van der Waals surface area contributed by atoms with Crippen LogP contribution in [-0.2, 0) is 0 Å². The molecule has 106 valence electrons. The van der Waals surface area contributed by atoms with E-state index in [0.717, 1.165) is 16.9 Å². The van der Waals surface area contributed by atoms with E-state index in [-0.39, 0.29) is 5.78 Å². The van der Waals surface area contributed by atoms with Gasteiger partial charge >= 0.3 is 0 Å². The van der Waals surface area contributed by atoms with Gasteiger partial charge in [-0.25, -0.2) is 9.97 Å². The minimum Gasteiger partial charge on any atom is -0.351 e. The van der Waals surface area contributed by atoms with Crippen molar-refractivity contribution in [2.45, 2.75) is 0 Å². The number of aromatic amines is 1. The number of benzene rings is 1. The van der Waals surface area contributed by atoms with Crippen molar-refractivity contribution in [3.63, 3.8) is 0 Å². The zero-order valence-electron chi connectivity index (χ0n) is 11.6. The lowest BCUT2D eigenvalue weighted by Crippen LogP contribution is -2.00. The number of pyridine rings is 1. The molecule has 0 aliphatic carbocycles. The fourth-order valence-electron chi connectivity index (χ4n) is 2.41. The van der Waals surface area contributed by atoms with Crippen molar-refractivity contribution >= 4 is 11.4 Å². The number of imidazole rings is 2. The van der Waals surface area contributed by atoms with Gasteiger partial charge in [-0.3, -0.25) is 4.79 Å². The molecule has 0 atom stereocenters. The van der Waals surface area contributed by atoms with Gasteiger partial charge in [0.25, 0.3) is 0 Å². The van der Waals surface area contributed by atoms with Crippen molar-refractivity contribution in [2.24, 2.45) is 0 Å². The second-order valence-corrected chi connectivity index (χ2v) is 4.96. The number of nitrogens with one attached hydrogen (secondary N) is 1. The van der Waals surface area contributed by atoms with Gasteiger partial charge < -0.3 is 9.38 Å². The minimum absolute atomic E-state index is 0.0781. The Morgan fingerprint density at radius 2 is 1.91 bits per heavy atom. The van der Waals surface area contributed by atoms with Gasteiger partial charge in [-0.05, 0) is 12.1 Å². The number of fused-ring (bicyclic) bond motifs is 1. The lowest BCUT2D eigenvalue weighted by molar-refractivity contribution is 0.103. The summed E-state index contributed by atoms with van der Waals surface area (Å²) in [5, 5.41) is 0. The molecule has 5 heteroatoms. The normalized spacial score (nSPS) is 10.9. The summed E-state index contributed by atoms with van der Waals surface area (Å²) in [4.78, 5) is 24.0. The molecule has 0 saturated heterocycles. The highest BCUT2D eigenvalue weighted by Gasteiger charge is 2.13. The predicted molar refractivity (Wildman–Crippen MR) is 82.6 cm³/mol. The summed E-state index contributed by atoms with van der Waals surface area (Å²) in [7, 11) is 0. The fraction of sp³-hybridized carbons (Fsp3) is 0. The van der Waals surface area contributed by atoms with Crippen LogP contribution >= 0.6 is 0 Å². The third kappa shape index (κ3) is 2.09. The first-order valence-corrected chi connectivity index (χ1v) is 6.89. The molecule has 0 aliphatic rings. The molecule has 0 aliphatic heterocycles. The molecule has 22 heavy (non-hydrogen) atoms. The Bertz CT molecular complexity index is 939. The average Bonchev–Trinajstić information content (AvgIpc) is 3.23. The number of carbonyl (C=O) groups excluding carboxylic acids is 1. The fourth-order valence-corrected chi connectivity index (χ4v) is 2.41. The summed E-state index contributed by atoms with van der Waals surface area (Å²) in [6.07, 6.45) is 7.13. The molecular formula is C17H12N4O. The smallest absolute Gasteiger partial charge is 0.212 e. The van der Waals surface area contributed by atoms with Gasteiger partial charge in [0.2, 0.25) is 5.78 Å². The van der Waals surface area contributed by atoms with Crippen LogP contribution in [0.25, 0.3) is 16.9 Å². The molecule has 0 radical (unpaired) electrons. The van der Waals surface area contributed by atoms with Crippen molar-refractivity contribution in [3.8, 4) is 11.3 Å². The average molecular weight is 288 g/mol. The first-order valence-electron chi connectivity index (χ1n) is 6.89. The van der Waals surface area contributed by atoms with Gasteiger partial charge in [0.05, 0.1) is 12.0 Å². The molecule has 0 bridgehead atoms. The Kier molecular flexibility index (Phi) is 2.83. The Labute approximate surface area is 126 Å². The monoisotopic (exact) mass is 288 g/mol. The summed E-state index contributed by atoms with van der Waals surface area (Å²) >= 11 is 0. The second kappa shape index (κ2) is 4.96. The van der Waals surface area contributed by atoms with Crippen molar-refractivity contribution in [1.82, 2.24) is 19.4 Å². The second-order valence-electron chi connectivity index (χ2n) is 4.96. The highest BCUT2D eigenvalue weighted by Crippen LogP contribution is 2.18. The number of ketones is 1. The number of carbonyl (C=O) groups is 1. The van der Waals surface area contributed by atoms with Crippen molar-refractivity contribution in [1.29, 1.82) is 0 Å². The SMILES string of the molecule is O=C(c1ccccc1)c1cn2cc(-c3c[nH]cn3)ccc2n1. The number of nitrogens with zero attached hydrogens (tertiary/aromatic N) is 3. The molecule has 4 rings (SSSR count). The van der Waals surface area contributed by atoms with E-state index in [9.17, 15) is 4.79 Å². The van der Waals surface area contributed by atoms with Gasteiger partial charge in [-0.1, -0.05) is 30.3 Å². The lowest BCUT2D eigenvalue weighted by atomic mass is 10.1. The van der Waals surface area contributed by atoms with E-state index in [2.05, 4.69) is 15.0 Å². The van der Waals surface area contributed by atoms with Crippen LogP contribution < -0.4 is 0 Å². The van der Waals surface area contributed by atoms with Crippen LogP contribution in [0.4, 0.5) is 0 Å². The molecule has 3 aromatic heterocycles.